The van der Waals surface area contributed by atoms with E-state index in [1.54, 1.807) is 0 Å². The second kappa shape index (κ2) is 6.72. The van der Waals surface area contributed by atoms with E-state index in [-0.39, 0.29) is 11.9 Å². The van der Waals surface area contributed by atoms with Gasteiger partial charge in [-0.3, -0.25) is 0 Å². The van der Waals surface area contributed by atoms with Crippen molar-refractivity contribution in [3.8, 4) is 0 Å². The summed E-state index contributed by atoms with van der Waals surface area (Å²) in [4.78, 5) is 11.8. The van der Waals surface area contributed by atoms with Crippen LogP contribution in [0.15, 0.2) is 11.6 Å². The average molecular weight is 224 g/mol. The summed E-state index contributed by atoms with van der Waals surface area (Å²) in [6, 6.07) is 0. The Morgan fingerprint density at radius 1 is 1.31 bits per heavy atom. The SMILES string of the molecule is CCOC(=O)/C(=C/C1CCCCC1)C(C)C. The maximum Gasteiger partial charge on any atom is 0.333 e. The van der Waals surface area contributed by atoms with Crippen molar-refractivity contribution >= 4 is 5.97 Å². The van der Waals surface area contributed by atoms with E-state index >= 15 is 0 Å². The third kappa shape index (κ3) is 3.99. The molecular weight excluding hydrogens is 200 g/mol. The van der Waals surface area contributed by atoms with Crippen molar-refractivity contribution < 1.29 is 9.53 Å². The molecule has 0 heterocycles. The smallest absolute Gasteiger partial charge is 0.333 e. The molecule has 1 saturated carbocycles. The molecule has 0 bridgehead atoms. The molecule has 92 valence electrons. The van der Waals surface area contributed by atoms with Gasteiger partial charge in [-0.05, 0) is 31.6 Å². The van der Waals surface area contributed by atoms with E-state index in [0.717, 1.165) is 5.57 Å². The second-order valence-electron chi connectivity index (χ2n) is 4.90. The third-order valence-electron chi connectivity index (χ3n) is 3.20. The van der Waals surface area contributed by atoms with E-state index in [9.17, 15) is 4.79 Å². The van der Waals surface area contributed by atoms with E-state index in [0.29, 0.717) is 12.5 Å². The topological polar surface area (TPSA) is 26.3 Å². The molecule has 1 aliphatic carbocycles. The number of hydrogen-bond acceptors (Lipinski definition) is 2. The predicted octanol–water partition coefficient (Wildman–Crippen LogP) is 3.71. The number of hydrogen-bond donors (Lipinski definition) is 0. The van der Waals surface area contributed by atoms with Crippen molar-refractivity contribution in [3.63, 3.8) is 0 Å². The molecule has 0 aromatic rings. The molecule has 0 aromatic heterocycles. The van der Waals surface area contributed by atoms with E-state index in [2.05, 4.69) is 19.9 Å². The summed E-state index contributed by atoms with van der Waals surface area (Å²) in [6.07, 6.45) is 8.58. The second-order valence-corrected chi connectivity index (χ2v) is 4.90. The first kappa shape index (κ1) is 13.3. The van der Waals surface area contributed by atoms with Gasteiger partial charge in [-0.1, -0.05) is 39.2 Å². The van der Waals surface area contributed by atoms with Gasteiger partial charge in [-0.2, -0.15) is 0 Å². The molecule has 0 aliphatic heterocycles. The number of carbonyl (C=O) groups is 1. The fourth-order valence-corrected chi connectivity index (χ4v) is 2.27. The van der Waals surface area contributed by atoms with Crippen LogP contribution in [0.5, 0.6) is 0 Å². The molecule has 16 heavy (non-hydrogen) atoms. The zero-order valence-corrected chi connectivity index (χ0v) is 10.8. The van der Waals surface area contributed by atoms with Crippen LogP contribution in [-0.4, -0.2) is 12.6 Å². The molecule has 0 unspecified atom stereocenters. The average Bonchev–Trinajstić information content (AvgIpc) is 2.27. The Bertz CT molecular complexity index is 247. The number of ether oxygens (including phenoxy) is 1. The van der Waals surface area contributed by atoms with Crippen molar-refractivity contribution in [2.45, 2.75) is 52.9 Å². The first-order valence-electron chi connectivity index (χ1n) is 6.54. The molecule has 0 amide bonds. The summed E-state index contributed by atoms with van der Waals surface area (Å²) in [5.41, 5.74) is 0.869. The largest absolute Gasteiger partial charge is 0.463 e. The zero-order chi connectivity index (χ0) is 12.0. The van der Waals surface area contributed by atoms with Gasteiger partial charge in [0, 0.05) is 5.57 Å². The van der Waals surface area contributed by atoms with Gasteiger partial charge in [-0.25, -0.2) is 4.79 Å². The molecule has 0 N–H and O–H groups in total. The summed E-state index contributed by atoms with van der Waals surface area (Å²) in [5.74, 6) is 0.736. The van der Waals surface area contributed by atoms with E-state index in [1.807, 2.05) is 6.92 Å². The van der Waals surface area contributed by atoms with Crippen molar-refractivity contribution in [3.05, 3.63) is 11.6 Å². The molecular formula is C14H24O2. The molecule has 1 rings (SSSR count). The molecule has 0 saturated heterocycles. The van der Waals surface area contributed by atoms with Crippen LogP contribution in [-0.2, 0) is 9.53 Å². The third-order valence-corrected chi connectivity index (χ3v) is 3.20. The van der Waals surface area contributed by atoms with Crippen LogP contribution < -0.4 is 0 Å². The van der Waals surface area contributed by atoms with Gasteiger partial charge < -0.3 is 4.74 Å². The standard InChI is InChI=1S/C14H24O2/c1-4-16-14(15)13(11(2)3)10-12-8-6-5-7-9-12/h10-12H,4-9H2,1-3H3/b13-10+. The minimum atomic E-state index is -0.122. The fourth-order valence-electron chi connectivity index (χ4n) is 2.27. The number of rotatable bonds is 4. The quantitative estimate of drug-likeness (QED) is 0.537. The van der Waals surface area contributed by atoms with Gasteiger partial charge in [0.05, 0.1) is 6.61 Å². The van der Waals surface area contributed by atoms with Gasteiger partial charge in [-0.15, -0.1) is 0 Å². The van der Waals surface area contributed by atoms with Crippen molar-refractivity contribution in [1.82, 2.24) is 0 Å². The van der Waals surface area contributed by atoms with Crippen LogP contribution in [0.1, 0.15) is 52.9 Å². The van der Waals surface area contributed by atoms with Crippen LogP contribution in [0.3, 0.4) is 0 Å². The Labute approximate surface area is 99.1 Å². The lowest BCUT2D eigenvalue weighted by Crippen LogP contribution is -2.15. The maximum absolute atomic E-state index is 11.8. The van der Waals surface area contributed by atoms with Gasteiger partial charge in [0.15, 0.2) is 0 Å². The highest BCUT2D eigenvalue weighted by Gasteiger charge is 2.18. The Kier molecular flexibility index (Phi) is 5.58. The van der Waals surface area contributed by atoms with Crippen LogP contribution in [0.2, 0.25) is 0 Å². The van der Waals surface area contributed by atoms with Crippen LogP contribution in [0.25, 0.3) is 0 Å². The Hall–Kier alpha value is -0.790. The lowest BCUT2D eigenvalue weighted by atomic mass is 9.86. The Balaban J connectivity index is 2.67. The number of esters is 1. The lowest BCUT2D eigenvalue weighted by Gasteiger charge is -2.20. The number of allylic oxidation sites excluding steroid dienone is 1. The highest BCUT2D eigenvalue weighted by atomic mass is 16.5. The first-order chi connectivity index (χ1) is 7.65. The highest BCUT2D eigenvalue weighted by Crippen LogP contribution is 2.27. The molecule has 0 atom stereocenters. The maximum atomic E-state index is 11.8. The van der Waals surface area contributed by atoms with Gasteiger partial charge in [0.25, 0.3) is 0 Å². The Morgan fingerprint density at radius 2 is 1.94 bits per heavy atom. The minimum absolute atomic E-state index is 0.122. The molecule has 0 spiro atoms. The predicted molar refractivity (Wildman–Crippen MR) is 66.1 cm³/mol. The van der Waals surface area contributed by atoms with E-state index < -0.39 is 0 Å². The molecule has 2 nitrogen and oxygen atoms in total. The summed E-state index contributed by atoms with van der Waals surface area (Å²) >= 11 is 0. The van der Waals surface area contributed by atoms with Gasteiger partial charge in [0.2, 0.25) is 0 Å². The first-order valence-corrected chi connectivity index (χ1v) is 6.54. The van der Waals surface area contributed by atoms with Crippen LogP contribution in [0, 0.1) is 11.8 Å². The lowest BCUT2D eigenvalue weighted by molar-refractivity contribution is -0.139. The summed E-state index contributed by atoms with van der Waals surface area (Å²) in [7, 11) is 0. The molecule has 1 fully saturated rings. The zero-order valence-electron chi connectivity index (χ0n) is 10.8. The molecule has 0 aromatic carbocycles. The fraction of sp³-hybridized carbons (Fsp3) is 0.786. The molecule has 2 heteroatoms. The van der Waals surface area contributed by atoms with E-state index in [4.69, 9.17) is 4.74 Å². The normalized spacial score (nSPS) is 18.9. The van der Waals surface area contributed by atoms with Gasteiger partial charge >= 0.3 is 5.97 Å². The molecule has 0 radical (unpaired) electrons. The summed E-state index contributed by atoms with van der Waals surface area (Å²) in [6.45, 7) is 6.45. The monoisotopic (exact) mass is 224 g/mol. The van der Waals surface area contributed by atoms with Crippen LogP contribution >= 0.6 is 0 Å². The van der Waals surface area contributed by atoms with Crippen LogP contribution in [0.4, 0.5) is 0 Å². The molecule has 1 aliphatic rings. The van der Waals surface area contributed by atoms with E-state index in [1.165, 1.54) is 32.1 Å². The number of carbonyl (C=O) groups excluding carboxylic acids is 1. The van der Waals surface area contributed by atoms with Crippen molar-refractivity contribution in [2.75, 3.05) is 6.61 Å². The summed E-state index contributed by atoms with van der Waals surface area (Å²) < 4.78 is 5.10. The minimum Gasteiger partial charge on any atom is -0.463 e. The van der Waals surface area contributed by atoms with Crippen molar-refractivity contribution in [1.29, 1.82) is 0 Å². The summed E-state index contributed by atoms with van der Waals surface area (Å²) in [5, 5.41) is 0. The Morgan fingerprint density at radius 3 is 2.44 bits per heavy atom. The highest BCUT2D eigenvalue weighted by molar-refractivity contribution is 5.88. The van der Waals surface area contributed by atoms with Crippen molar-refractivity contribution in [2.24, 2.45) is 11.8 Å². The van der Waals surface area contributed by atoms with Gasteiger partial charge in [0.1, 0.15) is 0 Å².